The van der Waals surface area contributed by atoms with Crippen LogP contribution in [0, 0.1) is 0 Å². The first-order chi connectivity index (χ1) is 7.27. The minimum absolute atomic E-state index is 0.0815. The van der Waals surface area contributed by atoms with Gasteiger partial charge in [0, 0.05) is 11.6 Å². The molecule has 4 nitrogen and oxygen atoms in total. The maximum Gasteiger partial charge on any atom is 0.329 e. The molecule has 2 fully saturated rings. The first kappa shape index (κ1) is 11.3. The molecule has 6 heteroatoms. The molecule has 15 heavy (non-hydrogen) atoms. The zero-order valence-corrected chi connectivity index (χ0v) is 9.96. The number of hydrogen-bond donors (Lipinski definition) is 2. The van der Waals surface area contributed by atoms with E-state index in [0.717, 1.165) is 31.0 Å². The lowest BCUT2D eigenvalue weighted by Crippen LogP contribution is -2.39. The third-order valence-electron chi connectivity index (χ3n) is 2.55. The van der Waals surface area contributed by atoms with Crippen molar-refractivity contribution in [1.82, 2.24) is 10.6 Å². The van der Waals surface area contributed by atoms with Crippen molar-refractivity contribution in [2.75, 3.05) is 18.2 Å². The van der Waals surface area contributed by atoms with Crippen LogP contribution >= 0.6 is 24.0 Å². The van der Waals surface area contributed by atoms with Crippen molar-refractivity contribution in [1.29, 1.82) is 0 Å². The largest absolute Gasteiger partial charge is 0.416 e. The van der Waals surface area contributed by atoms with Gasteiger partial charge in [-0.05, 0) is 31.6 Å². The predicted octanol–water partition coefficient (Wildman–Crippen LogP) is 0.271. The Morgan fingerprint density at radius 1 is 1.40 bits per heavy atom. The lowest BCUT2D eigenvalue weighted by molar-refractivity contribution is -0.137. The van der Waals surface area contributed by atoms with Crippen LogP contribution in [0.5, 0.6) is 0 Å². The maximum absolute atomic E-state index is 11.6. The Hall–Kier alpha value is -0.170. The molecule has 0 aromatic rings. The SMILES string of the molecule is O=C(OC(=S)[C@@H]1CCCN1)C1CSCN1. The van der Waals surface area contributed by atoms with E-state index in [-0.39, 0.29) is 18.1 Å². The molecular formula is C9H14N2O2S2. The number of hydrogen-bond acceptors (Lipinski definition) is 6. The van der Waals surface area contributed by atoms with Crippen molar-refractivity contribution in [2.24, 2.45) is 0 Å². The van der Waals surface area contributed by atoms with E-state index in [9.17, 15) is 4.79 Å². The quantitative estimate of drug-likeness (QED) is 0.539. The fourth-order valence-electron chi connectivity index (χ4n) is 1.67. The van der Waals surface area contributed by atoms with E-state index in [1.807, 2.05) is 0 Å². The van der Waals surface area contributed by atoms with E-state index < -0.39 is 0 Å². The zero-order chi connectivity index (χ0) is 10.7. The van der Waals surface area contributed by atoms with Gasteiger partial charge in [-0.25, -0.2) is 4.79 Å². The van der Waals surface area contributed by atoms with E-state index in [0.29, 0.717) is 5.05 Å². The van der Waals surface area contributed by atoms with E-state index in [1.165, 1.54) is 0 Å². The highest BCUT2D eigenvalue weighted by Crippen LogP contribution is 2.13. The summed E-state index contributed by atoms with van der Waals surface area (Å²) in [4.78, 5) is 11.6. The third-order valence-corrected chi connectivity index (χ3v) is 3.85. The van der Waals surface area contributed by atoms with Gasteiger partial charge in [0.15, 0.2) is 5.05 Å². The Morgan fingerprint density at radius 2 is 2.27 bits per heavy atom. The molecule has 2 saturated heterocycles. The monoisotopic (exact) mass is 246 g/mol. The number of thiocarbonyl (C=S) groups is 1. The van der Waals surface area contributed by atoms with Gasteiger partial charge < -0.3 is 10.1 Å². The maximum atomic E-state index is 11.6. The number of carbonyl (C=O) groups is 1. The summed E-state index contributed by atoms with van der Waals surface area (Å²) in [7, 11) is 0. The third kappa shape index (κ3) is 2.90. The Bertz CT molecular complexity index is 235. The number of rotatable bonds is 2. The molecule has 84 valence electrons. The molecule has 0 saturated carbocycles. The van der Waals surface area contributed by atoms with Crippen LogP contribution in [-0.4, -0.2) is 41.3 Å². The Morgan fingerprint density at radius 3 is 2.87 bits per heavy atom. The van der Waals surface area contributed by atoms with Crippen LogP contribution < -0.4 is 10.6 Å². The summed E-state index contributed by atoms with van der Waals surface area (Å²) in [5.74, 6) is 1.35. The van der Waals surface area contributed by atoms with Gasteiger partial charge in [-0.1, -0.05) is 0 Å². The number of carbonyl (C=O) groups excluding carboxylic acids is 1. The second-order valence-corrected chi connectivity index (χ2v) is 5.09. The van der Waals surface area contributed by atoms with Crippen LogP contribution in [0.25, 0.3) is 0 Å². The summed E-state index contributed by atoms with van der Waals surface area (Å²) in [6.07, 6.45) is 2.07. The second kappa shape index (κ2) is 5.25. The molecule has 2 heterocycles. The van der Waals surface area contributed by atoms with Crippen molar-refractivity contribution in [3.8, 4) is 0 Å². The Kier molecular flexibility index (Phi) is 3.96. The number of ether oxygens (including phenoxy) is 1. The molecule has 2 N–H and O–H groups in total. The van der Waals surface area contributed by atoms with Gasteiger partial charge in [0.25, 0.3) is 0 Å². The molecule has 0 aliphatic carbocycles. The molecule has 0 radical (unpaired) electrons. The predicted molar refractivity (Wildman–Crippen MR) is 64.0 cm³/mol. The molecule has 0 amide bonds. The summed E-state index contributed by atoms with van der Waals surface area (Å²) >= 11 is 6.78. The van der Waals surface area contributed by atoms with Gasteiger partial charge in [0.2, 0.25) is 0 Å². The molecule has 0 spiro atoms. The Balaban J connectivity index is 1.79. The van der Waals surface area contributed by atoms with E-state index in [1.54, 1.807) is 11.8 Å². The lowest BCUT2D eigenvalue weighted by Gasteiger charge is -2.14. The normalized spacial score (nSPS) is 30.4. The highest BCUT2D eigenvalue weighted by molar-refractivity contribution is 7.99. The highest BCUT2D eigenvalue weighted by Gasteiger charge is 2.28. The molecule has 0 bridgehead atoms. The lowest BCUT2D eigenvalue weighted by atomic mass is 10.2. The zero-order valence-electron chi connectivity index (χ0n) is 8.32. The van der Waals surface area contributed by atoms with Crippen molar-refractivity contribution in [3.63, 3.8) is 0 Å². The van der Waals surface area contributed by atoms with Gasteiger partial charge in [-0.15, -0.1) is 11.8 Å². The first-order valence-electron chi connectivity index (χ1n) is 5.07. The van der Waals surface area contributed by atoms with E-state index in [4.69, 9.17) is 17.0 Å². The van der Waals surface area contributed by atoms with Crippen LogP contribution in [0.1, 0.15) is 12.8 Å². The molecule has 2 atom stereocenters. The first-order valence-corrected chi connectivity index (χ1v) is 6.64. The molecule has 2 aliphatic rings. The highest BCUT2D eigenvalue weighted by atomic mass is 32.2. The van der Waals surface area contributed by atoms with Gasteiger partial charge in [0.1, 0.15) is 6.04 Å². The van der Waals surface area contributed by atoms with Crippen molar-refractivity contribution in [2.45, 2.75) is 24.9 Å². The molecule has 0 aromatic carbocycles. The average molecular weight is 246 g/mol. The summed E-state index contributed by atoms with van der Waals surface area (Å²) in [6.45, 7) is 0.958. The minimum atomic E-state index is -0.237. The fraction of sp³-hybridized carbons (Fsp3) is 0.778. The standard InChI is InChI=1S/C9H14N2O2S2/c12-8(7-4-15-5-11-7)13-9(14)6-2-1-3-10-6/h6-7,10-11H,1-5H2/t6-,7?/m0/s1. The summed E-state index contributed by atoms with van der Waals surface area (Å²) < 4.78 is 5.17. The van der Waals surface area contributed by atoms with Gasteiger partial charge in [0.05, 0.1) is 6.04 Å². The fourth-order valence-corrected chi connectivity index (χ4v) is 2.88. The van der Waals surface area contributed by atoms with Crippen LogP contribution in [0.4, 0.5) is 0 Å². The van der Waals surface area contributed by atoms with Crippen LogP contribution in [0.2, 0.25) is 0 Å². The van der Waals surface area contributed by atoms with Crippen molar-refractivity contribution < 1.29 is 9.53 Å². The minimum Gasteiger partial charge on any atom is -0.416 e. The van der Waals surface area contributed by atoms with Gasteiger partial charge in [-0.2, -0.15) is 0 Å². The number of esters is 1. The topological polar surface area (TPSA) is 50.4 Å². The van der Waals surface area contributed by atoms with Crippen LogP contribution in [0.3, 0.4) is 0 Å². The summed E-state index contributed by atoms with van der Waals surface area (Å²) in [5, 5.41) is 6.67. The van der Waals surface area contributed by atoms with Crippen molar-refractivity contribution in [3.05, 3.63) is 0 Å². The summed E-state index contributed by atoms with van der Waals surface area (Å²) in [5.41, 5.74) is 0. The molecule has 0 aromatic heterocycles. The van der Waals surface area contributed by atoms with Gasteiger partial charge in [-0.3, -0.25) is 5.32 Å². The summed E-state index contributed by atoms with van der Waals surface area (Å²) in [6, 6.07) is -0.104. The molecule has 2 rings (SSSR count). The molecule has 1 unspecified atom stereocenters. The van der Waals surface area contributed by atoms with E-state index >= 15 is 0 Å². The van der Waals surface area contributed by atoms with Crippen LogP contribution in [0.15, 0.2) is 0 Å². The number of thioether (sulfide) groups is 1. The van der Waals surface area contributed by atoms with E-state index in [2.05, 4.69) is 10.6 Å². The van der Waals surface area contributed by atoms with Crippen molar-refractivity contribution >= 4 is 35.0 Å². The Labute approximate surface area is 98.5 Å². The molecule has 2 aliphatic heterocycles. The second-order valence-electron chi connectivity index (χ2n) is 3.66. The smallest absolute Gasteiger partial charge is 0.329 e. The number of nitrogens with one attached hydrogen (secondary N) is 2. The van der Waals surface area contributed by atoms with Crippen LogP contribution in [-0.2, 0) is 9.53 Å². The van der Waals surface area contributed by atoms with Gasteiger partial charge >= 0.3 is 5.97 Å². The molecular weight excluding hydrogens is 232 g/mol. The average Bonchev–Trinajstić information content (AvgIpc) is 2.91.